The number of carbonyl (C=O) groups is 2. The summed E-state index contributed by atoms with van der Waals surface area (Å²) in [4.78, 5) is 24.2. The topological polar surface area (TPSA) is 73.9 Å². The molecule has 144 valence electrons. The molecular formula is C20H22ClNO5. The highest BCUT2D eigenvalue weighted by molar-refractivity contribution is 6.31. The molecule has 0 spiro atoms. The van der Waals surface area contributed by atoms with Crippen LogP contribution in [0.3, 0.4) is 0 Å². The molecule has 1 N–H and O–H groups in total. The first-order valence-corrected chi connectivity index (χ1v) is 8.85. The normalized spacial score (nSPS) is 11.4. The first-order valence-electron chi connectivity index (χ1n) is 8.48. The molecule has 0 bridgehead atoms. The van der Waals surface area contributed by atoms with Crippen molar-refractivity contribution in [2.75, 3.05) is 20.3 Å². The number of methoxy groups -OCH3 is 1. The Balaban J connectivity index is 1.93. The van der Waals surface area contributed by atoms with E-state index in [0.717, 1.165) is 5.56 Å². The second-order valence-electron chi connectivity index (χ2n) is 5.69. The van der Waals surface area contributed by atoms with Crippen LogP contribution < -0.4 is 14.8 Å². The average Bonchev–Trinajstić information content (AvgIpc) is 2.66. The Morgan fingerprint density at radius 2 is 1.89 bits per heavy atom. The summed E-state index contributed by atoms with van der Waals surface area (Å²) in [6.45, 7) is 3.73. The van der Waals surface area contributed by atoms with E-state index < -0.39 is 18.5 Å². The summed E-state index contributed by atoms with van der Waals surface area (Å²) < 4.78 is 15.7. The average molecular weight is 392 g/mol. The summed E-state index contributed by atoms with van der Waals surface area (Å²) in [6, 6.07) is 11.6. The fourth-order valence-electron chi connectivity index (χ4n) is 2.47. The maximum Gasteiger partial charge on any atom is 0.338 e. The summed E-state index contributed by atoms with van der Waals surface area (Å²) in [7, 11) is 1.48. The van der Waals surface area contributed by atoms with Gasteiger partial charge in [0, 0.05) is 5.02 Å². The molecule has 6 nitrogen and oxygen atoms in total. The number of amides is 1. The van der Waals surface area contributed by atoms with E-state index in [1.165, 1.54) is 13.2 Å². The van der Waals surface area contributed by atoms with Crippen molar-refractivity contribution in [2.24, 2.45) is 0 Å². The highest BCUT2D eigenvalue weighted by atomic mass is 35.5. The molecule has 0 aliphatic rings. The Morgan fingerprint density at radius 1 is 1.15 bits per heavy atom. The van der Waals surface area contributed by atoms with Crippen LogP contribution in [0.2, 0.25) is 5.02 Å². The summed E-state index contributed by atoms with van der Waals surface area (Å²) in [6.07, 6.45) is 0. The highest BCUT2D eigenvalue weighted by Gasteiger charge is 2.16. The molecular weight excluding hydrogens is 370 g/mol. The predicted octanol–water partition coefficient (Wildman–Crippen LogP) is 3.78. The van der Waals surface area contributed by atoms with Crippen LogP contribution in [-0.4, -0.2) is 32.2 Å². The van der Waals surface area contributed by atoms with Crippen molar-refractivity contribution >= 4 is 23.5 Å². The molecule has 0 saturated carbocycles. The van der Waals surface area contributed by atoms with E-state index in [0.29, 0.717) is 23.1 Å². The smallest absolute Gasteiger partial charge is 0.338 e. The second-order valence-corrected chi connectivity index (χ2v) is 6.09. The number of hydrogen-bond acceptors (Lipinski definition) is 5. The minimum atomic E-state index is -0.628. The van der Waals surface area contributed by atoms with Crippen LogP contribution in [0.15, 0.2) is 42.5 Å². The fraction of sp³-hybridized carbons (Fsp3) is 0.300. The summed E-state index contributed by atoms with van der Waals surface area (Å²) in [5.74, 6) is -0.100. The van der Waals surface area contributed by atoms with Crippen molar-refractivity contribution in [1.82, 2.24) is 5.32 Å². The van der Waals surface area contributed by atoms with E-state index in [1.807, 2.05) is 25.1 Å². The van der Waals surface area contributed by atoms with Crippen molar-refractivity contribution in [3.05, 3.63) is 58.6 Å². The number of rotatable bonds is 8. The van der Waals surface area contributed by atoms with Gasteiger partial charge in [0.15, 0.2) is 18.1 Å². The van der Waals surface area contributed by atoms with Gasteiger partial charge in [-0.05, 0) is 43.7 Å². The molecule has 7 heteroatoms. The largest absolute Gasteiger partial charge is 0.493 e. The Kier molecular flexibility index (Phi) is 7.49. The van der Waals surface area contributed by atoms with Gasteiger partial charge in [-0.25, -0.2) is 4.79 Å². The lowest BCUT2D eigenvalue weighted by Gasteiger charge is -2.16. The molecule has 0 aliphatic carbocycles. The Morgan fingerprint density at radius 3 is 2.56 bits per heavy atom. The van der Waals surface area contributed by atoms with Crippen molar-refractivity contribution in [3.8, 4) is 11.5 Å². The fourth-order valence-corrected chi connectivity index (χ4v) is 2.77. The number of carbonyl (C=O) groups excluding carboxylic acids is 2. The van der Waals surface area contributed by atoms with Crippen molar-refractivity contribution in [1.29, 1.82) is 0 Å². The summed E-state index contributed by atoms with van der Waals surface area (Å²) in [5, 5.41) is 3.31. The standard InChI is InChI=1S/C20H22ClNO5/c1-4-26-17-10-9-14(11-18(17)25-3)20(24)27-12-19(23)22-13(2)15-7-5-6-8-16(15)21/h5-11,13H,4,12H2,1-3H3,(H,22,23)/t13-/m0/s1. The number of halogens is 1. The van der Waals surface area contributed by atoms with Gasteiger partial charge in [-0.1, -0.05) is 29.8 Å². The van der Waals surface area contributed by atoms with Crippen LogP contribution in [0.25, 0.3) is 0 Å². The van der Waals surface area contributed by atoms with E-state index in [1.54, 1.807) is 25.1 Å². The van der Waals surface area contributed by atoms with Gasteiger partial charge in [0.2, 0.25) is 0 Å². The molecule has 0 saturated heterocycles. The van der Waals surface area contributed by atoms with E-state index in [9.17, 15) is 9.59 Å². The molecule has 0 aromatic heterocycles. The highest BCUT2D eigenvalue weighted by Crippen LogP contribution is 2.28. The SMILES string of the molecule is CCOc1ccc(C(=O)OCC(=O)N[C@@H](C)c2ccccc2Cl)cc1OC. The second kappa shape index (κ2) is 9.83. The maximum absolute atomic E-state index is 12.2. The van der Waals surface area contributed by atoms with Crippen LogP contribution in [-0.2, 0) is 9.53 Å². The van der Waals surface area contributed by atoms with Gasteiger partial charge in [-0.15, -0.1) is 0 Å². The molecule has 2 rings (SSSR count). The molecule has 1 atom stereocenters. The third kappa shape index (κ3) is 5.62. The predicted molar refractivity (Wildman–Crippen MR) is 102 cm³/mol. The van der Waals surface area contributed by atoms with E-state index in [2.05, 4.69) is 5.32 Å². The third-order valence-electron chi connectivity index (χ3n) is 3.78. The zero-order chi connectivity index (χ0) is 19.8. The van der Waals surface area contributed by atoms with Gasteiger partial charge in [0.25, 0.3) is 5.91 Å². The minimum Gasteiger partial charge on any atom is -0.493 e. The number of ether oxygens (including phenoxy) is 3. The van der Waals surface area contributed by atoms with Crippen LogP contribution in [0.4, 0.5) is 0 Å². The van der Waals surface area contributed by atoms with Gasteiger partial charge in [-0.3, -0.25) is 4.79 Å². The molecule has 27 heavy (non-hydrogen) atoms. The molecule has 2 aromatic carbocycles. The van der Waals surface area contributed by atoms with Crippen molar-refractivity contribution in [2.45, 2.75) is 19.9 Å². The van der Waals surface area contributed by atoms with E-state index >= 15 is 0 Å². The van der Waals surface area contributed by atoms with Gasteiger partial charge in [0.05, 0.1) is 25.3 Å². The number of hydrogen-bond donors (Lipinski definition) is 1. The van der Waals surface area contributed by atoms with Gasteiger partial charge in [-0.2, -0.15) is 0 Å². The maximum atomic E-state index is 12.2. The van der Waals surface area contributed by atoms with Crippen LogP contribution >= 0.6 is 11.6 Å². The molecule has 0 unspecified atom stereocenters. The van der Waals surface area contributed by atoms with Crippen molar-refractivity contribution < 1.29 is 23.8 Å². The summed E-state index contributed by atoms with van der Waals surface area (Å²) in [5.41, 5.74) is 1.05. The number of benzene rings is 2. The zero-order valence-corrected chi connectivity index (χ0v) is 16.2. The monoisotopic (exact) mass is 391 g/mol. The summed E-state index contributed by atoms with van der Waals surface area (Å²) >= 11 is 6.12. The van der Waals surface area contributed by atoms with Crippen molar-refractivity contribution in [3.63, 3.8) is 0 Å². The number of nitrogens with one attached hydrogen (secondary N) is 1. The Bertz CT molecular complexity index is 809. The molecule has 0 radical (unpaired) electrons. The van der Waals surface area contributed by atoms with Gasteiger partial charge >= 0.3 is 5.97 Å². The number of esters is 1. The van der Waals surface area contributed by atoms with Gasteiger partial charge < -0.3 is 19.5 Å². The lowest BCUT2D eigenvalue weighted by Crippen LogP contribution is -2.31. The van der Waals surface area contributed by atoms with Crippen LogP contribution in [0.1, 0.15) is 35.8 Å². The Labute approximate surface area is 163 Å². The minimum absolute atomic E-state index is 0.266. The molecule has 0 fully saturated rings. The molecule has 0 aliphatic heterocycles. The van der Waals surface area contributed by atoms with Gasteiger partial charge in [0.1, 0.15) is 0 Å². The third-order valence-corrected chi connectivity index (χ3v) is 4.13. The lowest BCUT2D eigenvalue weighted by molar-refractivity contribution is -0.124. The molecule has 1 amide bonds. The quantitative estimate of drug-likeness (QED) is 0.693. The first-order chi connectivity index (χ1) is 13.0. The molecule has 2 aromatic rings. The van der Waals surface area contributed by atoms with E-state index in [4.69, 9.17) is 25.8 Å². The lowest BCUT2D eigenvalue weighted by atomic mass is 10.1. The zero-order valence-electron chi connectivity index (χ0n) is 15.5. The van der Waals surface area contributed by atoms with Crippen LogP contribution in [0.5, 0.6) is 11.5 Å². The molecule has 0 heterocycles. The van der Waals surface area contributed by atoms with E-state index in [-0.39, 0.29) is 11.6 Å². The first kappa shape index (κ1) is 20.6. The van der Waals surface area contributed by atoms with Crippen LogP contribution in [0, 0.1) is 0 Å². The Hall–Kier alpha value is -2.73.